The van der Waals surface area contributed by atoms with Gasteiger partial charge in [-0.05, 0) is 25.1 Å². The summed E-state index contributed by atoms with van der Waals surface area (Å²) in [6, 6.07) is 7.79. The Labute approximate surface area is 163 Å². The van der Waals surface area contributed by atoms with Crippen molar-refractivity contribution in [2.24, 2.45) is 0 Å². The van der Waals surface area contributed by atoms with Gasteiger partial charge in [-0.1, -0.05) is 0 Å². The highest BCUT2D eigenvalue weighted by molar-refractivity contribution is 5.86. The van der Waals surface area contributed by atoms with Crippen molar-refractivity contribution in [2.75, 3.05) is 44.7 Å². The maximum Gasteiger partial charge on any atom is 0.253 e. The normalized spacial score (nSPS) is 15.1. The molecular weight excluding hydrogens is 356 g/mol. The molecule has 3 heterocycles. The first-order valence-electron chi connectivity index (χ1n) is 9.43. The Bertz CT molecular complexity index is 1030. The Morgan fingerprint density at radius 1 is 1.04 bits per heavy atom. The Kier molecular flexibility index (Phi) is 5.21. The van der Waals surface area contributed by atoms with E-state index < -0.39 is 0 Å². The fraction of sp³-hybridized carbons (Fsp3) is 0.400. The van der Waals surface area contributed by atoms with Crippen molar-refractivity contribution in [1.29, 1.82) is 0 Å². The number of hydrogen-bond donors (Lipinski definition) is 0. The molecule has 2 aromatic heterocycles. The lowest BCUT2D eigenvalue weighted by atomic mass is 10.2. The molecule has 8 heteroatoms. The number of rotatable bonds is 5. The highest BCUT2D eigenvalue weighted by atomic mass is 16.5. The summed E-state index contributed by atoms with van der Waals surface area (Å²) in [6.07, 6.45) is 3.16. The van der Waals surface area contributed by atoms with E-state index in [0.717, 1.165) is 55.0 Å². The van der Waals surface area contributed by atoms with E-state index in [0.29, 0.717) is 12.4 Å². The summed E-state index contributed by atoms with van der Waals surface area (Å²) in [7, 11) is 1.63. The van der Waals surface area contributed by atoms with Gasteiger partial charge in [0.25, 0.3) is 5.56 Å². The Morgan fingerprint density at radius 3 is 2.61 bits per heavy atom. The Hall–Kier alpha value is -3.00. The summed E-state index contributed by atoms with van der Waals surface area (Å²) in [5, 5.41) is 0.927. The number of aryl methyl sites for hydroxylation is 1. The first kappa shape index (κ1) is 18.4. The fourth-order valence-electron chi connectivity index (χ4n) is 3.54. The standard InChI is InChI=1S/C20H24N6O2/c1-15-11-19(27)26(14-23-15)10-7-24-5-8-25(9-6-24)16-3-4-18-17(12-16)20(28-2)22-13-21-18/h3-4,11-14H,5-10H2,1-2H3. The minimum atomic E-state index is 0.0125. The zero-order chi connectivity index (χ0) is 19.5. The molecule has 1 aromatic carbocycles. The van der Waals surface area contributed by atoms with Gasteiger partial charge >= 0.3 is 0 Å². The van der Waals surface area contributed by atoms with Gasteiger partial charge in [0.2, 0.25) is 5.88 Å². The van der Waals surface area contributed by atoms with Crippen LogP contribution in [0.4, 0.5) is 5.69 Å². The van der Waals surface area contributed by atoms with Crippen molar-refractivity contribution in [2.45, 2.75) is 13.5 Å². The highest BCUT2D eigenvalue weighted by Crippen LogP contribution is 2.27. The van der Waals surface area contributed by atoms with Crippen LogP contribution in [0.25, 0.3) is 10.9 Å². The second kappa shape index (κ2) is 7.93. The molecule has 1 fully saturated rings. The molecule has 0 bridgehead atoms. The fourth-order valence-corrected chi connectivity index (χ4v) is 3.54. The van der Waals surface area contributed by atoms with Crippen molar-refractivity contribution in [3.8, 4) is 5.88 Å². The zero-order valence-electron chi connectivity index (χ0n) is 16.2. The van der Waals surface area contributed by atoms with Crippen molar-refractivity contribution >= 4 is 16.6 Å². The van der Waals surface area contributed by atoms with Gasteiger partial charge in [-0.15, -0.1) is 0 Å². The van der Waals surface area contributed by atoms with Crippen LogP contribution in [0.2, 0.25) is 0 Å². The summed E-state index contributed by atoms with van der Waals surface area (Å²) in [6.45, 7) is 7.11. The van der Waals surface area contributed by atoms with Gasteiger partial charge in [-0.2, -0.15) is 0 Å². The monoisotopic (exact) mass is 380 g/mol. The number of methoxy groups -OCH3 is 1. The largest absolute Gasteiger partial charge is 0.480 e. The van der Waals surface area contributed by atoms with Gasteiger partial charge in [0.05, 0.1) is 24.3 Å². The average molecular weight is 380 g/mol. The molecule has 1 aliphatic heterocycles. The number of fused-ring (bicyclic) bond motifs is 1. The number of piperazine rings is 1. The van der Waals surface area contributed by atoms with Crippen LogP contribution < -0.4 is 15.2 Å². The second-order valence-corrected chi connectivity index (χ2v) is 6.98. The highest BCUT2D eigenvalue weighted by Gasteiger charge is 2.18. The summed E-state index contributed by atoms with van der Waals surface area (Å²) in [4.78, 5) is 29.4. The second-order valence-electron chi connectivity index (χ2n) is 6.98. The molecule has 146 valence electrons. The molecular formula is C20H24N6O2. The molecule has 1 saturated heterocycles. The predicted molar refractivity (Wildman–Crippen MR) is 108 cm³/mol. The third-order valence-electron chi connectivity index (χ3n) is 5.19. The molecule has 0 aliphatic carbocycles. The molecule has 0 spiro atoms. The number of nitrogens with zero attached hydrogens (tertiary/aromatic N) is 6. The van der Waals surface area contributed by atoms with E-state index in [4.69, 9.17) is 4.74 Å². The molecule has 8 nitrogen and oxygen atoms in total. The maximum atomic E-state index is 12.0. The topological polar surface area (TPSA) is 76.4 Å². The smallest absolute Gasteiger partial charge is 0.253 e. The molecule has 28 heavy (non-hydrogen) atoms. The molecule has 0 atom stereocenters. The van der Waals surface area contributed by atoms with E-state index in [1.807, 2.05) is 13.0 Å². The first-order chi connectivity index (χ1) is 13.6. The van der Waals surface area contributed by atoms with Gasteiger partial charge < -0.3 is 9.64 Å². The number of benzene rings is 1. The summed E-state index contributed by atoms with van der Waals surface area (Å²) in [5.41, 5.74) is 2.80. The van der Waals surface area contributed by atoms with Gasteiger partial charge in [0, 0.05) is 56.7 Å². The van der Waals surface area contributed by atoms with Crippen LogP contribution in [0.5, 0.6) is 5.88 Å². The molecule has 4 rings (SSSR count). The summed E-state index contributed by atoms with van der Waals surface area (Å²) >= 11 is 0. The molecule has 0 radical (unpaired) electrons. The molecule has 0 unspecified atom stereocenters. The van der Waals surface area contributed by atoms with E-state index in [2.05, 4.69) is 36.9 Å². The van der Waals surface area contributed by atoms with Gasteiger partial charge in [-0.3, -0.25) is 14.3 Å². The summed E-state index contributed by atoms with van der Waals surface area (Å²) < 4.78 is 7.04. The number of ether oxygens (including phenoxy) is 1. The van der Waals surface area contributed by atoms with Crippen LogP contribution >= 0.6 is 0 Å². The lowest BCUT2D eigenvalue weighted by molar-refractivity contribution is 0.247. The number of anilines is 1. The predicted octanol–water partition coefficient (Wildman–Crippen LogP) is 1.33. The van der Waals surface area contributed by atoms with E-state index in [-0.39, 0.29) is 5.56 Å². The quantitative estimate of drug-likeness (QED) is 0.661. The van der Waals surface area contributed by atoms with Crippen molar-refractivity contribution < 1.29 is 4.74 Å². The SMILES string of the molecule is COc1ncnc2ccc(N3CCN(CCn4cnc(C)cc4=O)CC3)cc12. The Balaban J connectivity index is 1.38. The van der Waals surface area contributed by atoms with Crippen LogP contribution in [0.15, 0.2) is 41.7 Å². The third kappa shape index (κ3) is 3.82. The lowest BCUT2D eigenvalue weighted by Crippen LogP contribution is -2.47. The molecule has 0 saturated carbocycles. The van der Waals surface area contributed by atoms with Gasteiger partial charge in [-0.25, -0.2) is 15.0 Å². The molecule has 0 amide bonds. The zero-order valence-corrected chi connectivity index (χ0v) is 16.2. The maximum absolute atomic E-state index is 12.0. The number of hydrogen-bond acceptors (Lipinski definition) is 7. The van der Waals surface area contributed by atoms with Crippen LogP contribution in [0, 0.1) is 6.92 Å². The average Bonchev–Trinajstić information content (AvgIpc) is 2.72. The van der Waals surface area contributed by atoms with Gasteiger partial charge in [0.15, 0.2) is 0 Å². The first-order valence-corrected chi connectivity index (χ1v) is 9.43. The van der Waals surface area contributed by atoms with E-state index in [1.54, 1.807) is 24.1 Å². The van der Waals surface area contributed by atoms with Gasteiger partial charge in [0.1, 0.15) is 6.33 Å². The van der Waals surface area contributed by atoms with Crippen molar-refractivity contribution in [1.82, 2.24) is 24.4 Å². The van der Waals surface area contributed by atoms with Crippen molar-refractivity contribution in [3.63, 3.8) is 0 Å². The number of aromatic nitrogens is 4. The third-order valence-corrected chi connectivity index (χ3v) is 5.19. The van der Waals surface area contributed by atoms with Crippen LogP contribution in [-0.4, -0.2) is 64.3 Å². The lowest BCUT2D eigenvalue weighted by Gasteiger charge is -2.36. The van der Waals surface area contributed by atoms with Crippen molar-refractivity contribution in [3.05, 3.63) is 53.0 Å². The van der Waals surface area contributed by atoms with E-state index in [1.165, 1.54) is 6.33 Å². The Morgan fingerprint density at radius 2 is 1.86 bits per heavy atom. The molecule has 0 N–H and O–H groups in total. The van der Waals surface area contributed by atoms with E-state index >= 15 is 0 Å². The molecule has 1 aliphatic rings. The molecule has 3 aromatic rings. The van der Waals surface area contributed by atoms with Crippen LogP contribution in [-0.2, 0) is 6.54 Å². The minimum absolute atomic E-state index is 0.0125. The van der Waals surface area contributed by atoms with E-state index in [9.17, 15) is 4.79 Å². The van der Waals surface area contributed by atoms with Crippen LogP contribution in [0.3, 0.4) is 0 Å². The minimum Gasteiger partial charge on any atom is -0.480 e. The van der Waals surface area contributed by atoms with Crippen LogP contribution in [0.1, 0.15) is 5.69 Å². The summed E-state index contributed by atoms with van der Waals surface area (Å²) in [5.74, 6) is 0.600.